The highest BCUT2D eigenvalue weighted by atomic mass is 16.1. The monoisotopic (exact) mass is 210 g/mol. The van der Waals surface area contributed by atoms with E-state index in [1.807, 2.05) is 0 Å². The second-order valence-electron chi connectivity index (χ2n) is 5.45. The highest BCUT2D eigenvalue weighted by molar-refractivity contribution is 5.76. The lowest BCUT2D eigenvalue weighted by Gasteiger charge is -2.20. The first-order valence-electron chi connectivity index (χ1n) is 6.18. The number of carbonyl (C=O) groups is 1. The fraction of sp³-hybridized carbons (Fsp3) is 0.917. The van der Waals surface area contributed by atoms with Crippen LogP contribution in [-0.2, 0) is 4.79 Å². The van der Waals surface area contributed by atoms with E-state index < -0.39 is 0 Å². The molecule has 2 N–H and O–H groups in total. The lowest BCUT2D eigenvalue weighted by atomic mass is 9.89. The number of fused-ring (bicyclic) bond motifs is 2. The lowest BCUT2D eigenvalue weighted by molar-refractivity contribution is -0.122. The molecule has 3 atom stereocenters. The van der Waals surface area contributed by atoms with Crippen LogP contribution >= 0.6 is 0 Å². The Labute approximate surface area is 92.0 Å². The quantitative estimate of drug-likeness (QED) is 0.734. The Morgan fingerprint density at radius 1 is 1.47 bits per heavy atom. The van der Waals surface area contributed by atoms with E-state index in [1.165, 1.54) is 19.3 Å². The van der Waals surface area contributed by atoms with Crippen LogP contribution in [-0.4, -0.2) is 24.5 Å². The zero-order valence-electron chi connectivity index (χ0n) is 9.75. The van der Waals surface area contributed by atoms with Gasteiger partial charge in [0.25, 0.3) is 0 Å². The van der Waals surface area contributed by atoms with E-state index in [-0.39, 0.29) is 5.91 Å². The Hall–Kier alpha value is -0.570. The van der Waals surface area contributed by atoms with E-state index >= 15 is 0 Å². The predicted octanol–water partition coefficient (Wildman–Crippen LogP) is 1.29. The van der Waals surface area contributed by atoms with E-state index in [0.29, 0.717) is 24.3 Å². The molecule has 0 aliphatic carbocycles. The highest BCUT2D eigenvalue weighted by Crippen LogP contribution is 2.32. The largest absolute Gasteiger partial charge is 0.356 e. The molecule has 2 aliphatic rings. The van der Waals surface area contributed by atoms with E-state index in [0.717, 1.165) is 12.6 Å². The van der Waals surface area contributed by atoms with Crippen molar-refractivity contribution in [2.24, 2.45) is 11.8 Å². The van der Waals surface area contributed by atoms with Crippen molar-refractivity contribution in [2.45, 2.75) is 51.6 Å². The third-order valence-corrected chi connectivity index (χ3v) is 3.59. The van der Waals surface area contributed by atoms with Crippen LogP contribution < -0.4 is 10.6 Å². The first-order valence-corrected chi connectivity index (χ1v) is 6.18. The zero-order chi connectivity index (χ0) is 10.8. The molecule has 2 bridgehead atoms. The van der Waals surface area contributed by atoms with Gasteiger partial charge in [-0.05, 0) is 31.1 Å². The summed E-state index contributed by atoms with van der Waals surface area (Å²) in [4.78, 5) is 11.5. The second kappa shape index (κ2) is 4.52. The summed E-state index contributed by atoms with van der Waals surface area (Å²) >= 11 is 0. The topological polar surface area (TPSA) is 41.1 Å². The van der Waals surface area contributed by atoms with Gasteiger partial charge in [0.05, 0.1) is 0 Å². The highest BCUT2D eigenvalue weighted by Gasteiger charge is 2.38. The van der Waals surface area contributed by atoms with Gasteiger partial charge in [0.15, 0.2) is 0 Å². The number of carbonyl (C=O) groups excluding carboxylic acids is 1. The van der Waals surface area contributed by atoms with Crippen molar-refractivity contribution in [2.75, 3.05) is 6.54 Å². The molecule has 0 aromatic carbocycles. The van der Waals surface area contributed by atoms with Gasteiger partial charge in [0.1, 0.15) is 0 Å². The number of hydrogen-bond acceptors (Lipinski definition) is 2. The van der Waals surface area contributed by atoms with Crippen molar-refractivity contribution >= 4 is 5.91 Å². The van der Waals surface area contributed by atoms with Gasteiger partial charge in [0.2, 0.25) is 5.91 Å². The van der Waals surface area contributed by atoms with Gasteiger partial charge in [-0.15, -0.1) is 0 Å². The van der Waals surface area contributed by atoms with Crippen molar-refractivity contribution in [1.29, 1.82) is 0 Å². The molecule has 2 heterocycles. The summed E-state index contributed by atoms with van der Waals surface area (Å²) < 4.78 is 0. The molecule has 1 amide bonds. The molecule has 3 nitrogen and oxygen atoms in total. The molecular formula is C12H22N2O. The van der Waals surface area contributed by atoms with E-state index in [4.69, 9.17) is 0 Å². The number of amides is 1. The molecule has 2 aliphatic heterocycles. The number of nitrogens with one attached hydrogen (secondary N) is 2. The third-order valence-electron chi connectivity index (χ3n) is 3.59. The fourth-order valence-corrected chi connectivity index (χ4v) is 2.85. The SMILES string of the molecule is CC(C)CC(=O)NCC1CC2CCC1N2. The number of hydrogen-bond donors (Lipinski definition) is 2. The van der Waals surface area contributed by atoms with Crippen molar-refractivity contribution in [3.05, 3.63) is 0 Å². The minimum Gasteiger partial charge on any atom is -0.356 e. The Bertz CT molecular complexity index is 240. The van der Waals surface area contributed by atoms with Crippen LogP contribution in [0.4, 0.5) is 0 Å². The van der Waals surface area contributed by atoms with E-state index in [1.54, 1.807) is 0 Å². The molecule has 3 heteroatoms. The molecule has 0 aromatic heterocycles. The van der Waals surface area contributed by atoms with Crippen LogP contribution in [0.5, 0.6) is 0 Å². The van der Waals surface area contributed by atoms with Crippen LogP contribution in [0.3, 0.4) is 0 Å². The van der Waals surface area contributed by atoms with Gasteiger partial charge in [0, 0.05) is 25.0 Å². The zero-order valence-corrected chi connectivity index (χ0v) is 9.75. The Balaban J connectivity index is 1.68. The summed E-state index contributed by atoms with van der Waals surface area (Å²) in [7, 11) is 0. The Kier molecular flexibility index (Phi) is 3.29. The van der Waals surface area contributed by atoms with E-state index in [2.05, 4.69) is 24.5 Å². The van der Waals surface area contributed by atoms with Gasteiger partial charge in [-0.2, -0.15) is 0 Å². The minimum absolute atomic E-state index is 0.216. The molecule has 86 valence electrons. The molecular weight excluding hydrogens is 188 g/mol. The molecule has 0 spiro atoms. The average Bonchev–Trinajstić information content (AvgIpc) is 2.74. The summed E-state index contributed by atoms with van der Waals surface area (Å²) in [6, 6.07) is 1.41. The Morgan fingerprint density at radius 2 is 2.27 bits per heavy atom. The standard InChI is InChI=1S/C12H22N2O/c1-8(2)5-12(15)13-7-9-6-10-3-4-11(9)14-10/h8-11,14H,3-7H2,1-2H3,(H,13,15). The first kappa shape index (κ1) is 10.9. The maximum absolute atomic E-state index is 11.5. The summed E-state index contributed by atoms with van der Waals surface area (Å²) in [5, 5.41) is 6.65. The summed E-state index contributed by atoms with van der Waals surface area (Å²) in [5.41, 5.74) is 0. The third kappa shape index (κ3) is 2.71. The fourth-order valence-electron chi connectivity index (χ4n) is 2.85. The molecule has 2 saturated heterocycles. The molecule has 2 fully saturated rings. The van der Waals surface area contributed by atoms with Gasteiger partial charge < -0.3 is 10.6 Å². The number of rotatable bonds is 4. The lowest BCUT2D eigenvalue weighted by Crippen LogP contribution is -2.35. The van der Waals surface area contributed by atoms with Crippen LogP contribution in [0, 0.1) is 11.8 Å². The van der Waals surface area contributed by atoms with Gasteiger partial charge >= 0.3 is 0 Å². The molecule has 15 heavy (non-hydrogen) atoms. The van der Waals surface area contributed by atoms with Crippen LogP contribution in [0.1, 0.15) is 39.5 Å². The van der Waals surface area contributed by atoms with Crippen LogP contribution in [0.2, 0.25) is 0 Å². The maximum Gasteiger partial charge on any atom is 0.220 e. The van der Waals surface area contributed by atoms with Gasteiger partial charge in [-0.3, -0.25) is 4.79 Å². The van der Waals surface area contributed by atoms with Crippen LogP contribution in [0.25, 0.3) is 0 Å². The molecule has 0 radical (unpaired) electrons. The molecule has 0 aromatic rings. The first-order chi connectivity index (χ1) is 7.15. The van der Waals surface area contributed by atoms with Crippen molar-refractivity contribution < 1.29 is 4.79 Å². The smallest absolute Gasteiger partial charge is 0.220 e. The van der Waals surface area contributed by atoms with Gasteiger partial charge in [-0.1, -0.05) is 13.8 Å². The second-order valence-corrected chi connectivity index (χ2v) is 5.45. The van der Waals surface area contributed by atoms with Crippen molar-refractivity contribution in [3.8, 4) is 0 Å². The summed E-state index contributed by atoms with van der Waals surface area (Å²) in [6.07, 6.45) is 4.55. The van der Waals surface area contributed by atoms with Crippen molar-refractivity contribution in [3.63, 3.8) is 0 Å². The molecule has 3 unspecified atom stereocenters. The normalized spacial score (nSPS) is 33.7. The van der Waals surface area contributed by atoms with Gasteiger partial charge in [-0.25, -0.2) is 0 Å². The predicted molar refractivity (Wildman–Crippen MR) is 60.5 cm³/mol. The molecule has 2 rings (SSSR count). The van der Waals surface area contributed by atoms with Crippen LogP contribution in [0.15, 0.2) is 0 Å². The average molecular weight is 210 g/mol. The summed E-state index contributed by atoms with van der Waals surface area (Å²) in [5.74, 6) is 1.36. The summed E-state index contributed by atoms with van der Waals surface area (Å²) in [6.45, 7) is 5.04. The minimum atomic E-state index is 0.216. The van der Waals surface area contributed by atoms with Crippen molar-refractivity contribution in [1.82, 2.24) is 10.6 Å². The van der Waals surface area contributed by atoms with E-state index in [9.17, 15) is 4.79 Å². The molecule has 0 saturated carbocycles. The Morgan fingerprint density at radius 3 is 2.80 bits per heavy atom. The maximum atomic E-state index is 11.5.